The number of esters is 1. The number of carbonyl (C=O) groups is 3. The standard InChI is InChI=1S/C22H30F3N2O4.C5H5.Fe/c1-6-14(2)17(27-20(30)22(23,24)25)18(28)26-16(19(29)31-21(3,4)5)13-9-12-15-10-7-8-11-15;1-2-4-5-3-1;/h7-12,14,16-17H,6,13H2,1-5H3,(H,26,28)(H,27,30);1-5H;/q;;+2/b12-9+;;/t14-,16+,17-;;/m0../s1. The van der Waals surface area contributed by atoms with Gasteiger partial charge in [0.25, 0.3) is 0 Å². The van der Waals surface area contributed by atoms with Crippen molar-refractivity contribution < 1.29 is 49.4 Å². The topological polar surface area (TPSA) is 84.5 Å². The third-order valence-corrected chi connectivity index (χ3v) is 4.97. The largest absolute Gasteiger partial charge is 2.00 e. The summed E-state index contributed by atoms with van der Waals surface area (Å²) in [5.74, 6) is -3.52. The Balaban J connectivity index is 0.00000192. The fourth-order valence-corrected chi connectivity index (χ4v) is 2.93. The first-order valence-corrected chi connectivity index (χ1v) is 11.7. The molecule has 0 bridgehead atoms. The fraction of sp³-hybridized carbons (Fsp3) is 0.444. The van der Waals surface area contributed by atoms with Gasteiger partial charge in [0.2, 0.25) is 5.91 Å². The van der Waals surface area contributed by atoms with Crippen LogP contribution in [0, 0.1) is 69.6 Å². The minimum absolute atomic E-state index is 0. The van der Waals surface area contributed by atoms with Crippen molar-refractivity contribution in [1.82, 2.24) is 10.6 Å². The summed E-state index contributed by atoms with van der Waals surface area (Å²) in [7, 11) is 0. The minimum atomic E-state index is -5.13. The summed E-state index contributed by atoms with van der Waals surface area (Å²) in [5, 5.41) is 4.18. The molecule has 0 aromatic rings. The van der Waals surface area contributed by atoms with Gasteiger partial charge in [-0.25, -0.2) is 4.79 Å². The summed E-state index contributed by atoms with van der Waals surface area (Å²) in [6, 6.07) is -2.59. The molecule has 0 aromatic heterocycles. The summed E-state index contributed by atoms with van der Waals surface area (Å²) >= 11 is 0. The van der Waals surface area contributed by atoms with Crippen LogP contribution < -0.4 is 10.6 Å². The van der Waals surface area contributed by atoms with Gasteiger partial charge >= 0.3 is 35.1 Å². The zero-order chi connectivity index (χ0) is 27.4. The van der Waals surface area contributed by atoms with Gasteiger partial charge in [0.15, 0.2) is 0 Å². The van der Waals surface area contributed by atoms with Gasteiger partial charge in [0.05, 0.1) is 0 Å². The predicted molar refractivity (Wildman–Crippen MR) is 131 cm³/mol. The van der Waals surface area contributed by atoms with Gasteiger partial charge in [-0.3, -0.25) is 9.59 Å². The molecule has 0 aromatic carbocycles. The van der Waals surface area contributed by atoms with Gasteiger partial charge in [-0.05, 0) is 90.9 Å². The first-order chi connectivity index (χ1) is 16.7. The number of rotatable bonds is 9. The molecule has 2 amide bonds. The van der Waals surface area contributed by atoms with E-state index in [2.05, 4.69) is 5.32 Å². The van der Waals surface area contributed by atoms with E-state index < -0.39 is 47.6 Å². The van der Waals surface area contributed by atoms with Crippen molar-refractivity contribution in [2.24, 2.45) is 5.92 Å². The molecule has 10 heteroatoms. The van der Waals surface area contributed by atoms with Gasteiger partial charge in [0, 0.05) is 5.92 Å². The third-order valence-electron chi connectivity index (χ3n) is 4.97. The van der Waals surface area contributed by atoms with Crippen LogP contribution in [0.2, 0.25) is 0 Å². The molecular weight excluding hydrogens is 529 g/mol. The van der Waals surface area contributed by atoms with Gasteiger partial charge in [-0.15, -0.1) is 0 Å². The molecule has 0 unspecified atom stereocenters. The van der Waals surface area contributed by atoms with Crippen LogP contribution in [0.1, 0.15) is 47.5 Å². The van der Waals surface area contributed by atoms with Crippen molar-refractivity contribution >= 4 is 17.8 Å². The Kier molecular flexibility index (Phi) is 16.4. The van der Waals surface area contributed by atoms with Gasteiger partial charge in [-0.2, -0.15) is 13.2 Å². The van der Waals surface area contributed by atoms with E-state index in [0.717, 1.165) is 5.92 Å². The molecule has 10 radical (unpaired) electrons. The van der Waals surface area contributed by atoms with E-state index >= 15 is 0 Å². The molecule has 2 fully saturated rings. The van der Waals surface area contributed by atoms with Gasteiger partial charge in [0.1, 0.15) is 17.7 Å². The molecule has 2 aliphatic rings. The van der Waals surface area contributed by atoms with Crippen molar-refractivity contribution in [3.8, 4) is 0 Å². The molecule has 3 atom stereocenters. The van der Waals surface area contributed by atoms with E-state index in [9.17, 15) is 27.6 Å². The number of hydrogen-bond donors (Lipinski definition) is 2. The SMILES string of the molecule is CC[C@H](C)[C@H](NC(=O)C(F)(F)F)C(=O)N[C@H](C/C=C/[C]1[CH][CH][CH][CH]1)C(=O)OC(C)(C)C.[CH]1[CH][CH][CH][CH]1.[Fe+2]. The maximum atomic E-state index is 12.8. The van der Waals surface area contributed by atoms with Crippen molar-refractivity contribution in [1.29, 1.82) is 0 Å². The van der Waals surface area contributed by atoms with E-state index in [1.54, 1.807) is 52.1 Å². The average Bonchev–Trinajstić information content (AvgIpc) is 3.51. The van der Waals surface area contributed by atoms with E-state index in [1.165, 1.54) is 0 Å². The Hall–Kier alpha value is -1.54. The quantitative estimate of drug-likeness (QED) is 0.324. The molecular formula is C27H35F3FeN2O4+2. The van der Waals surface area contributed by atoms with Gasteiger partial charge in [-0.1, -0.05) is 32.4 Å². The zero-order valence-corrected chi connectivity index (χ0v) is 22.7. The molecule has 0 aliphatic heterocycles. The Morgan fingerprint density at radius 1 is 0.946 bits per heavy atom. The number of ether oxygens (including phenoxy) is 1. The predicted octanol–water partition coefficient (Wildman–Crippen LogP) is 4.28. The molecule has 0 heterocycles. The second-order valence-corrected chi connectivity index (χ2v) is 9.25. The third kappa shape index (κ3) is 14.8. The second kappa shape index (κ2) is 17.1. The van der Waals surface area contributed by atoms with Crippen LogP contribution in [0.5, 0.6) is 0 Å². The Morgan fingerprint density at radius 2 is 1.46 bits per heavy atom. The van der Waals surface area contributed by atoms with E-state index in [1.807, 2.05) is 57.8 Å². The van der Waals surface area contributed by atoms with Crippen molar-refractivity contribution in [2.75, 3.05) is 0 Å². The molecule has 37 heavy (non-hydrogen) atoms. The Morgan fingerprint density at radius 3 is 1.89 bits per heavy atom. The average molecular weight is 564 g/mol. The zero-order valence-electron chi connectivity index (χ0n) is 21.6. The molecule has 2 saturated carbocycles. The summed E-state index contributed by atoms with van der Waals surface area (Å²) < 4.78 is 43.4. The van der Waals surface area contributed by atoms with Crippen LogP contribution in [0.4, 0.5) is 13.2 Å². The number of nitrogens with one attached hydrogen (secondary N) is 2. The Bertz CT molecular complexity index is 721. The first kappa shape index (κ1) is 35.5. The Labute approximate surface area is 230 Å². The van der Waals surface area contributed by atoms with Gasteiger partial charge < -0.3 is 15.4 Å². The van der Waals surface area contributed by atoms with Crippen LogP contribution >= 0.6 is 0 Å². The molecule has 204 valence electrons. The van der Waals surface area contributed by atoms with Crippen LogP contribution in [-0.4, -0.2) is 41.6 Å². The van der Waals surface area contributed by atoms with Crippen LogP contribution in [0.3, 0.4) is 0 Å². The summed E-state index contributed by atoms with van der Waals surface area (Å²) in [6.07, 6.45) is 16.1. The molecule has 6 nitrogen and oxygen atoms in total. The molecule has 2 rings (SSSR count). The summed E-state index contributed by atoms with van der Waals surface area (Å²) in [5.41, 5.74) is -0.823. The summed E-state index contributed by atoms with van der Waals surface area (Å²) in [4.78, 5) is 36.7. The van der Waals surface area contributed by atoms with Crippen molar-refractivity contribution in [2.45, 2.75) is 71.3 Å². The smallest absolute Gasteiger partial charge is 0.458 e. The number of alkyl halides is 3. The maximum Gasteiger partial charge on any atom is 2.00 e. The number of amides is 2. The van der Waals surface area contributed by atoms with E-state index in [0.29, 0.717) is 6.42 Å². The second-order valence-electron chi connectivity index (χ2n) is 9.25. The summed E-state index contributed by atoms with van der Waals surface area (Å²) in [6.45, 7) is 8.21. The number of halogens is 3. The normalized spacial score (nSPS) is 18.7. The molecule has 2 aliphatic carbocycles. The molecule has 2 N–H and O–H groups in total. The number of carbonyl (C=O) groups excluding carboxylic acids is 3. The van der Waals surface area contributed by atoms with E-state index in [4.69, 9.17) is 4.74 Å². The minimum Gasteiger partial charge on any atom is -0.458 e. The number of allylic oxidation sites excluding steroid dienone is 1. The number of hydrogen-bond acceptors (Lipinski definition) is 4. The van der Waals surface area contributed by atoms with Crippen LogP contribution in [0.15, 0.2) is 12.2 Å². The molecule has 0 spiro atoms. The molecule has 0 saturated heterocycles. The fourth-order valence-electron chi connectivity index (χ4n) is 2.93. The van der Waals surface area contributed by atoms with Crippen LogP contribution in [0.25, 0.3) is 0 Å². The first-order valence-electron chi connectivity index (χ1n) is 11.7. The monoisotopic (exact) mass is 564 g/mol. The van der Waals surface area contributed by atoms with E-state index in [-0.39, 0.29) is 23.5 Å². The van der Waals surface area contributed by atoms with Crippen molar-refractivity contribution in [3.05, 3.63) is 75.9 Å². The van der Waals surface area contributed by atoms with Crippen LogP contribution in [-0.2, 0) is 36.2 Å². The van der Waals surface area contributed by atoms with Crippen molar-refractivity contribution in [3.63, 3.8) is 0 Å². The maximum absolute atomic E-state index is 12.8.